The summed E-state index contributed by atoms with van der Waals surface area (Å²) in [7, 11) is 1.61. The molecule has 0 radical (unpaired) electrons. The molecule has 0 spiro atoms. The molecule has 3 nitrogen and oxygen atoms in total. The van der Waals surface area contributed by atoms with Gasteiger partial charge in [0.25, 0.3) is 0 Å². The minimum absolute atomic E-state index is 0.0988. The molecule has 0 saturated carbocycles. The molecule has 0 amide bonds. The molecule has 0 fully saturated rings. The Morgan fingerprint density at radius 1 is 1.31 bits per heavy atom. The summed E-state index contributed by atoms with van der Waals surface area (Å²) in [6, 6.07) is 7.96. The molecule has 0 aliphatic carbocycles. The molecule has 0 N–H and O–H groups in total. The van der Waals surface area contributed by atoms with Gasteiger partial charge in [0.05, 0.1) is 13.2 Å². The van der Waals surface area contributed by atoms with Crippen LogP contribution in [0.5, 0.6) is 0 Å². The molecular weight excluding hydrogens is 204 g/mol. The van der Waals surface area contributed by atoms with Crippen molar-refractivity contribution in [3.8, 4) is 0 Å². The van der Waals surface area contributed by atoms with Gasteiger partial charge in [-0.15, -0.1) is 0 Å². The van der Waals surface area contributed by atoms with E-state index in [0.29, 0.717) is 19.6 Å². The van der Waals surface area contributed by atoms with Crippen molar-refractivity contribution in [3.63, 3.8) is 0 Å². The highest BCUT2D eigenvalue weighted by molar-refractivity contribution is 5.82. The van der Waals surface area contributed by atoms with Gasteiger partial charge in [-0.2, -0.15) is 0 Å². The van der Waals surface area contributed by atoms with Gasteiger partial charge >= 0.3 is 0 Å². The monoisotopic (exact) mass is 222 g/mol. The Labute approximate surface area is 96.4 Å². The van der Waals surface area contributed by atoms with Crippen molar-refractivity contribution < 1.29 is 14.3 Å². The van der Waals surface area contributed by atoms with Crippen molar-refractivity contribution in [2.24, 2.45) is 0 Å². The van der Waals surface area contributed by atoms with Gasteiger partial charge in [0.2, 0.25) is 0 Å². The predicted octanol–water partition coefficient (Wildman–Crippen LogP) is 1.77. The van der Waals surface area contributed by atoms with Gasteiger partial charge in [0.15, 0.2) is 5.78 Å². The average Bonchev–Trinajstić information content (AvgIpc) is 2.24. The number of ketones is 1. The van der Waals surface area contributed by atoms with Crippen LogP contribution in [0.25, 0.3) is 0 Å². The van der Waals surface area contributed by atoms with Crippen LogP contribution < -0.4 is 0 Å². The lowest BCUT2D eigenvalue weighted by molar-refractivity contribution is -0.123. The molecule has 0 heterocycles. The van der Waals surface area contributed by atoms with Gasteiger partial charge in [-0.05, 0) is 12.5 Å². The van der Waals surface area contributed by atoms with Crippen molar-refractivity contribution in [1.82, 2.24) is 0 Å². The fourth-order valence-corrected chi connectivity index (χ4v) is 1.43. The normalized spacial score (nSPS) is 10.4. The number of ether oxygens (including phenoxy) is 2. The number of rotatable bonds is 7. The van der Waals surface area contributed by atoms with Gasteiger partial charge in [-0.25, -0.2) is 0 Å². The van der Waals surface area contributed by atoms with Crippen LogP contribution in [0, 0.1) is 6.92 Å². The van der Waals surface area contributed by atoms with Crippen LogP contribution in [0.2, 0.25) is 0 Å². The molecule has 0 bridgehead atoms. The Kier molecular flexibility index (Phi) is 5.75. The summed E-state index contributed by atoms with van der Waals surface area (Å²) in [6.45, 7) is 3.17. The zero-order chi connectivity index (χ0) is 11.8. The zero-order valence-electron chi connectivity index (χ0n) is 9.86. The van der Waals surface area contributed by atoms with E-state index in [1.807, 2.05) is 31.2 Å². The molecule has 0 aliphatic heterocycles. The Balaban J connectivity index is 2.29. The van der Waals surface area contributed by atoms with E-state index in [1.54, 1.807) is 7.11 Å². The summed E-state index contributed by atoms with van der Waals surface area (Å²) in [5, 5.41) is 0. The lowest BCUT2D eigenvalue weighted by Gasteiger charge is -2.04. The summed E-state index contributed by atoms with van der Waals surface area (Å²) in [5.41, 5.74) is 2.21. The SMILES string of the molecule is COCCOCC(=O)Cc1cccc(C)c1. The van der Waals surface area contributed by atoms with Crippen LogP contribution in [-0.4, -0.2) is 32.7 Å². The third-order valence-electron chi connectivity index (χ3n) is 2.18. The van der Waals surface area contributed by atoms with Crippen LogP contribution in [0.3, 0.4) is 0 Å². The molecule has 88 valence electrons. The largest absolute Gasteiger partial charge is 0.382 e. The lowest BCUT2D eigenvalue weighted by Crippen LogP contribution is -2.13. The summed E-state index contributed by atoms with van der Waals surface area (Å²) < 4.78 is 9.99. The summed E-state index contributed by atoms with van der Waals surface area (Å²) in [5.74, 6) is 0.0988. The second kappa shape index (κ2) is 7.14. The fraction of sp³-hybridized carbons (Fsp3) is 0.462. The Morgan fingerprint density at radius 3 is 2.81 bits per heavy atom. The number of benzene rings is 1. The highest BCUT2D eigenvalue weighted by Crippen LogP contribution is 2.05. The molecule has 0 aliphatic rings. The lowest BCUT2D eigenvalue weighted by atomic mass is 10.1. The highest BCUT2D eigenvalue weighted by atomic mass is 16.5. The van der Waals surface area contributed by atoms with Crippen LogP contribution in [0.15, 0.2) is 24.3 Å². The van der Waals surface area contributed by atoms with E-state index in [2.05, 4.69) is 0 Å². The number of Topliss-reactive ketones (excluding diaryl/α,β-unsaturated/α-hetero) is 1. The summed E-state index contributed by atoms with van der Waals surface area (Å²) in [4.78, 5) is 11.5. The van der Waals surface area contributed by atoms with Crippen LogP contribution >= 0.6 is 0 Å². The van der Waals surface area contributed by atoms with Crippen molar-refractivity contribution >= 4 is 5.78 Å². The second-order valence-corrected chi connectivity index (χ2v) is 3.75. The first-order valence-electron chi connectivity index (χ1n) is 5.36. The summed E-state index contributed by atoms with van der Waals surface area (Å²) >= 11 is 0. The first-order valence-corrected chi connectivity index (χ1v) is 5.36. The van der Waals surface area contributed by atoms with Gasteiger partial charge < -0.3 is 9.47 Å². The van der Waals surface area contributed by atoms with Crippen LogP contribution in [0.1, 0.15) is 11.1 Å². The molecule has 0 atom stereocenters. The number of hydrogen-bond acceptors (Lipinski definition) is 3. The molecule has 0 saturated heterocycles. The maximum absolute atomic E-state index is 11.5. The van der Waals surface area contributed by atoms with Gasteiger partial charge in [-0.1, -0.05) is 29.8 Å². The van der Waals surface area contributed by atoms with E-state index in [4.69, 9.17) is 9.47 Å². The first-order chi connectivity index (χ1) is 7.72. The van der Waals surface area contributed by atoms with E-state index in [-0.39, 0.29) is 12.4 Å². The zero-order valence-corrected chi connectivity index (χ0v) is 9.86. The predicted molar refractivity (Wildman–Crippen MR) is 62.6 cm³/mol. The van der Waals surface area contributed by atoms with Crippen molar-refractivity contribution in [2.45, 2.75) is 13.3 Å². The Hall–Kier alpha value is -1.19. The number of carbonyl (C=O) groups excluding carboxylic acids is 1. The maximum Gasteiger partial charge on any atom is 0.162 e. The van der Waals surface area contributed by atoms with E-state index < -0.39 is 0 Å². The standard InChI is InChI=1S/C13H18O3/c1-11-4-3-5-12(8-11)9-13(14)10-16-7-6-15-2/h3-5,8H,6-7,9-10H2,1-2H3. The topological polar surface area (TPSA) is 35.5 Å². The Bertz CT molecular complexity index is 334. The van der Waals surface area contributed by atoms with Crippen molar-refractivity contribution in [3.05, 3.63) is 35.4 Å². The van der Waals surface area contributed by atoms with Crippen LogP contribution in [0.4, 0.5) is 0 Å². The molecule has 1 aromatic rings. The molecule has 1 aromatic carbocycles. The third-order valence-corrected chi connectivity index (χ3v) is 2.18. The average molecular weight is 222 g/mol. The summed E-state index contributed by atoms with van der Waals surface area (Å²) in [6.07, 6.45) is 0.439. The minimum atomic E-state index is 0.0988. The smallest absolute Gasteiger partial charge is 0.162 e. The molecule has 3 heteroatoms. The van der Waals surface area contributed by atoms with E-state index in [0.717, 1.165) is 5.56 Å². The number of hydrogen-bond donors (Lipinski definition) is 0. The number of aryl methyl sites for hydroxylation is 1. The Morgan fingerprint density at radius 2 is 2.12 bits per heavy atom. The first kappa shape index (κ1) is 12.9. The van der Waals surface area contributed by atoms with Crippen molar-refractivity contribution in [2.75, 3.05) is 26.9 Å². The van der Waals surface area contributed by atoms with E-state index >= 15 is 0 Å². The van der Waals surface area contributed by atoms with Gasteiger partial charge in [0.1, 0.15) is 6.61 Å². The molecule has 1 rings (SSSR count). The second-order valence-electron chi connectivity index (χ2n) is 3.75. The van der Waals surface area contributed by atoms with Gasteiger partial charge in [-0.3, -0.25) is 4.79 Å². The quantitative estimate of drug-likeness (QED) is 0.660. The highest BCUT2D eigenvalue weighted by Gasteiger charge is 2.03. The molecule has 16 heavy (non-hydrogen) atoms. The maximum atomic E-state index is 11.5. The molecule has 0 aromatic heterocycles. The van der Waals surface area contributed by atoms with Crippen molar-refractivity contribution in [1.29, 1.82) is 0 Å². The van der Waals surface area contributed by atoms with Crippen LogP contribution in [-0.2, 0) is 20.7 Å². The third kappa shape index (κ3) is 5.05. The number of carbonyl (C=O) groups is 1. The van der Waals surface area contributed by atoms with E-state index in [1.165, 1.54) is 5.56 Å². The molecular formula is C13H18O3. The fourth-order valence-electron chi connectivity index (χ4n) is 1.43. The minimum Gasteiger partial charge on any atom is -0.382 e. The van der Waals surface area contributed by atoms with E-state index in [9.17, 15) is 4.79 Å². The molecule has 0 unspecified atom stereocenters. The number of methoxy groups -OCH3 is 1. The van der Waals surface area contributed by atoms with Gasteiger partial charge in [0, 0.05) is 13.5 Å².